The minimum absolute atomic E-state index is 0. The highest BCUT2D eigenvalue weighted by Crippen LogP contribution is 2.26. The van der Waals surface area contributed by atoms with Crippen LogP contribution in [-0.4, -0.2) is 116 Å². The maximum absolute atomic E-state index is 13.8. The largest absolute Gasteiger partial charge is 0.477 e. The van der Waals surface area contributed by atoms with E-state index in [1.54, 1.807) is 92.5 Å². The molecule has 8 rings (SSSR count). The Hall–Kier alpha value is -9.93. The van der Waals surface area contributed by atoms with Crippen LogP contribution in [0.25, 0.3) is 34.2 Å². The van der Waals surface area contributed by atoms with Crippen molar-refractivity contribution in [2.75, 3.05) is 16.4 Å². The summed E-state index contributed by atoms with van der Waals surface area (Å²) in [5.74, 6) is -2.66. The molecule has 83 heavy (non-hydrogen) atoms. The summed E-state index contributed by atoms with van der Waals surface area (Å²) in [4.78, 5) is 91.7. The number of rotatable bonds is 14. The number of carboxylic acid groups (broad SMARTS) is 1. The second-order valence-corrected chi connectivity index (χ2v) is 19.7. The van der Waals surface area contributed by atoms with Gasteiger partial charge in [-0.05, 0) is 79.7 Å². The van der Waals surface area contributed by atoms with Crippen LogP contribution in [0.2, 0.25) is 0 Å². The number of ether oxygens (including phenoxy) is 4. The maximum atomic E-state index is 13.8. The summed E-state index contributed by atoms with van der Waals surface area (Å²) in [6, 6.07) is 6.19. The number of carbonyl (C=O) groups is 5. The van der Waals surface area contributed by atoms with Gasteiger partial charge in [0.2, 0.25) is 11.9 Å². The van der Waals surface area contributed by atoms with Crippen LogP contribution in [0.3, 0.4) is 0 Å². The molecule has 0 bridgehead atoms. The SMILES string of the molecule is C[C@@H](OC(=O)Cc1c(-c2ncc(N)cn2)cnn1C)c1cccnc1F.C[C@@H](OC(=O)Cc1c(-c2ncc(NC(=O)OC(C)(C)C)cn2)cnn1C)c1cccnc1F.Cl.Cn1ncc(-c2ncc(NC(=O)OC(C)(C)C)cn2)c1C(=O)O. The van der Waals surface area contributed by atoms with E-state index in [2.05, 4.69) is 65.8 Å². The number of hydrogen-bond donors (Lipinski definition) is 4. The van der Waals surface area contributed by atoms with Gasteiger partial charge in [-0.1, -0.05) is 0 Å². The molecule has 0 fully saturated rings. The molecule has 2 amide bonds. The molecule has 438 valence electrons. The minimum atomic E-state index is -1.13. The molecule has 27 nitrogen and oxygen atoms in total. The second kappa shape index (κ2) is 28.0. The molecule has 0 saturated carbocycles. The molecule has 0 aliphatic rings. The quantitative estimate of drug-likeness (QED) is 0.0458. The number of nitrogen functional groups attached to an aromatic ring is 1. The van der Waals surface area contributed by atoms with Crippen molar-refractivity contribution in [1.82, 2.24) is 69.2 Å². The molecule has 8 aromatic rings. The fourth-order valence-corrected chi connectivity index (χ4v) is 7.24. The zero-order chi connectivity index (χ0) is 60.1. The number of esters is 2. The van der Waals surface area contributed by atoms with Crippen molar-refractivity contribution in [2.24, 2.45) is 21.1 Å². The first-order chi connectivity index (χ1) is 38.7. The van der Waals surface area contributed by atoms with E-state index in [0.29, 0.717) is 56.8 Å². The highest BCUT2D eigenvalue weighted by molar-refractivity contribution is 5.93. The van der Waals surface area contributed by atoms with Crippen LogP contribution in [0.1, 0.15) is 101 Å². The molecule has 0 aromatic carbocycles. The number of hydrogen-bond acceptors (Lipinski definition) is 21. The molecular weight excluding hydrogens is 1110 g/mol. The Balaban J connectivity index is 0.000000231. The van der Waals surface area contributed by atoms with Gasteiger partial charge in [-0.3, -0.25) is 34.3 Å². The van der Waals surface area contributed by atoms with Crippen LogP contribution >= 0.6 is 12.4 Å². The average molecular weight is 1170 g/mol. The molecule has 0 saturated heterocycles. The Kier molecular flexibility index (Phi) is 21.5. The van der Waals surface area contributed by atoms with Gasteiger partial charge in [0.1, 0.15) is 23.4 Å². The van der Waals surface area contributed by atoms with Crippen molar-refractivity contribution < 1.29 is 56.8 Å². The third-order valence-electron chi connectivity index (χ3n) is 10.9. The molecule has 0 aliphatic heterocycles. The molecule has 8 heterocycles. The van der Waals surface area contributed by atoms with E-state index in [-0.39, 0.29) is 47.9 Å². The number of aromatic carboxylic acids is 1. The van der Waals surface area contributed by atoms with Gasteiger partial charge in [0, 0.05) is 44.7 Å². The van der Waals surface area contributed by atoms with E-state index in [9.17, 15) is 37.9 Å². The molecule has 2 atom stereocenters. The summed E-state index contributed by atoms with van der Waals surface area (Å²) < 4.78 is 52.9. The van der Waals surface area contributed by atoms with Crippen molar-refractivity contribution in [1.29, 1.82) is 0 Å². The van der Waals surface area contributed by atoms with Gasteiger partial charge >= 0.3 is 30.1 Å². The Labute approximate surface area is 479 Å². The number of nitrogens with one attached hydrogen (secondary N) is 2. The third kappa shape index (κ3) is 18.3. The summed E-state index contributed by atoms with van der Waals surface area (Å²) in [6.45, 7) is 13.7. The summed E-state index contributed by atoms with van der Waals surface area (Å²) in [7, 11) is 4.90. The normalized spacial score (nSPS) is 11.7. The number of anilines is 3. The van der Waals surface area contributed by atoms with Gasteiger partial charge in [0.05, 0.1) is 114 Å². The molecule has 0 unspecified atom stereocenters. The number of pyridine rings is 2. The molecular formula is C53H60ClF2N17O10. The number of halogens is 3. The number of aryl methyl sites for hydroxylation is 3. The topological polar surface area (TPSA) is 349 Å². The summed E-state index contributed by atoms with van der Waals surface area (Å²) >= 11 is 0. The Bertz CT molecular complexity index is 3530. The van der Waals surface area contributed by atoms with Crippen LogP contribution in [-0.2, 0) is 62.5 Å². The summed E-state index contributed by atoms with van der Waals surface area (Å²) in [5, 5.41) is 26.5. The average Bonchev–Trinajstić information content (AvgIpc) is 4.23. The first kappa shape index (κ1) is 63.9. The molecule has 0 aliphatic carbocycles. The highest BCUT2D eigenvalue weighted by atomic mass is 35.5. The lowest BCUT2D eigenvalue weighted by Gasteiger charge is -2.19. The molecule has 0 spiro atoms. The number of carbonyl (C=O) groups excluding carboxylic acids is 4. The van der Waals surface area contributed by atoms with E-state index in [0.717, 1.165) is 0 Å². The number of carboxylic acids is 1. The number of nitrogens with zero attached hydrogens (tertiary/aromatic N) is 14. The van der Waals surface area contributed by atoms with Crippen molar-refractivity contribution in [3.63, 3.8) is 0 Å². The second-order valence-electron chi connectivity index (χ2n) is 19.7. The van der Waals surface area contributed by atoms with Gasteiger partial charge in [-0.2, -0.15) is 24.1 Å². The Morgan fingerprint density at radius 3 is 1.28 bits per heavy atom. The van der Waals surface area contributed by atoms with Gasteiger partial charge in [0.15, 0.2) is 23.2 Å². The maximum Gasteiger partial charge on any atom is 0.412 e. The monoisotopic (exact) mass is 1170 g/mol. The lowest BCUT2D eigenvalue weighted by atomic mass is 10.1. The van der Waals surface area contributed by atoms with Gasteiger partial charge in [-0.15, -0.1) is 12.4 Å². The fraction of sp³-hybridized carbons (Fsp3) is 0.321. The van der Waals surface area contributed by atoms with Crippen LogP contribution in [0.4, 0.5) is 35.4 Å². The zero-order valence-corrected chi connectivity index (χ0v) is 47.7. The fourth-order valence-electron chi connectivity index (χ4n) is 7.24. The van der Waals surface area contributed by atoms with E-state index in [1.807, 2.05) is 0 Å². The van der Waals surface area contributed by atoms with Crippen molar-refractivity contribution >= 4 is 59.6 Å². The van der Waals surface area contributed by atoms with E-state index < -0.39 is 65.4 Å². The Morgan fingerprint density at radius 2 is 0.916 bits per heavy atom. The predicted molar refractivity (Wildman–Crippen MR) is 296 cm³/mol. The first-order valence-electron chi connectivity index (χ1n) is 24.8. The molecule has 0 radical (unpaired) electrons. The summed E-state index contributed by atoms with van der Waals surface area (Å²) in [5.41, 5.74) is 8.38. The van der Waals surface area contributed by atoms with Gasteiger partial charge in [-0.25, -0.2) is 54.3 Å². The van der Waals surface area contributed by atoms with E-state index >= 15 is 0 Å². The van der Waals surface area contributed by atoms with Crippen LogP contribution in [0.5, 0.6) is 0 Å². The third-order valence-corrected chi connectivity index (χ3v) is 10.9. The number of nitrogens with two attached hydrogens (primary N) is 1. The smallest absolute Gasteiger partial charge is 0.412 e. The van der Waals surface area contributed by atoms with E-state index in [4.69, 9.17) is 24.7 Å². The van der Waals surface area contributed by atoms with Crippen molar-refractivity contribution in [2.45, 2.75) is 91.6 Å². The zero-order valence-electron chi connectivity index (χ0n) is 46.9. The standard InChI is InChI=1S/C22H25FN6O4.C17H17FN6O2.C14H17N5O4.ClH/c1-13(15-7-6-8-24-19(15)23)32-18(30)9-17-16(12-27-29(17)5)20-25-10-14(11-26-20)28-21(31)33-22(2,3)4;1-10(12-4-3-5-20-16(12)18)26-15(25)6-14-13(9-23-24(14)2)17-21-7-11(19)8-22-17;1-14(2,3)23-13(22)18-8-5-15-11(16-6-8)9-7-17-19(4)10(9)12(20)21;/h6-8,10-13H,9H2,1-5H3,(H,28,31);3-5,7-10H,6,19H2,1-2H3;5-7H,1-4H3,(H,18,22)(H,20,21);1H/t13-;10-;;/m11../s1. The van der Waals surface area contributed by atoms with Crippen molar-refractivity contribution in [3.8, 4) is 34.2 Å². The lowest BCUT2D eigenvalue weighted by Crippen LogP contribution is -2.27. The molecule has 8 aromatic heterocycles. The summed E-state index contributed by atoms with van der Waals surface area (Å²) in [6.07, 6.45) is 12.7. The van der Waals surface area contributed by atoms with Crippen LogP contribution < -0.4 is 16.4 Å². The first-order valence-corrected chi connectivity index (χ1v) is 24.8. The molecule has 5 N–H and O–H groups in total. The van der Waals surface area contributed by atoms with E-state index in [1.165, 1.54) is 90.5 Å². The Morgan fingerprint density at radius 1 is 0.566 bits per heavy atom. The lowest BCUT2D eigenvalue weighted by molar-refractivity contribution is -0.149. The van der Waals surface area contributed by atoms with Gasteiger partial charge < -0.3 is 29.8 Å². The minimum Gasteiger partial charge on any atom is -0.477 e. The highest BCUT2D eigenvalue weighted by Gasteiger charge is 2.25. The predicted octanol–water partition coefficient (Wildman–Crippen LogP) is 7.79. The van der Waals surface area contributed by atoms with Crippen molar-refractivity contribution in [3.05, 3.63) is 133 Å². The number of aromatic nitrogens is 14. The number of amides is 2. The van der Waals surface area contributed by atoms with Gasteiger partial charge in [0.25, 0.3) is 0 Å². The molecule has 30 heteroatoms. The van der Waals surface area contributed by atoms with Crippen LogP contribution in [0.15, 0.2) is 92.4 Å². The van der Waals surface area contributed by atoms with Crippen LogP contribution in [0, 0.1) is 11.9 Å².